The average Bonchev–Trinajstić information content (AvgIpc) is 2.81. The number of esters is 1. The number of hydrogen-bond donors (Lipinski definition) is 1. The van der Waals surface area contributed by atoms with E-state index in [1.165, 1.54) is 23.3 Å². The molecule has 0 heterocycles. The Kier molecular flexibility index (Phi) is 10.9. The van der Waals surface area contributed by atoms with Crippen LogP contribution < -0.4 is 5.32 Å². The van der Waals surface area contributed by atoms with Crippen LogP contribution >= 0.6 is 0 Å². The average molecular weight is 462 g/mol. The second kappa shape index (κ2) is 13.1. The van der Waals surface area contributed by atoms with Crippen LogP contribution in [0.2, 0.25) is 0 Å². The number of ether oxygens (including phenoxy) is 1. The van der Waals surface area contributed by atoms with Gasteiger partial charge >= 0.3 is 5.97 Å². The molecule has 0 aliphatic heterocycles. The zero-order valence-electron chi connectivity index (χ0n) is 19.9. The predicted octanol–water partition coefficient (Wildman–Crippen LogP) is 8.41. The van der Waals surface area contributed by atoms with Crippen LogP contribution in [0.25, 0.3) is 6.08 Å². The molecule has 0 fully saturated rings. The molecule has 0 bridgehead atoms. The Hall–Kier alpha value is -3.54. The molecule has 180 valence electrons. The summed E-state index contributed by atoms with van der Waals surface area (Å²) in [4.78, 5) is 11.8. The zero-order valence-corrected chi connectivity index (χ0v) is 19.9. The second-order valence-electron chi connectivity index (χ2n) is 6.98. The van der Waals surface area contributed by atoms with Crippen molar-refractivity contribution in [2.45, 2.75) is 34.6 Å². The molecule has 3 aromatic rings. The molecule has 0 radical (unpaired) electrons. The Morgan fingerprint density at radius 3 is 1.88 bits per heavy atom. The lowest BCUT2D eigenvalue weighted by Crippen LogP contribution is -2.10. The minimum Gasteiger partial charge on any atom is -0.465 e. The van der Waals surface area contributed by atoms with Gasteiger partial charge in [0.2, 0.25) is 0 Å². The molecule has 0 unspecified atom stereocenters. The van der Waals surface area contributed by atoms with Crippen LogP contribution in [0.4, 0.5) is 24.5 Å². The molecular weight excluding hydrogens is 427 g/mol. The number of methoxy groups -OCH3 is 1. The fourth-order valence-electron chi connectivity index (χ4n) is 2.68. The molecular formula is C27H34F3NO2. The number of anilines is 2. The topological polar surface area (TPSA) is 38.3 Å². The monoisotopic (exact) mass is 461 g/mol. The second-order valence-corrected chi connectivity index (χ2v) is 6.98. The lowest BCUT2D eigenvalue weighted by atomic mass is 10.1. The number of hydrogen-bond acceptors (Lipinski definition) is 3. The van der Waals surface area contributed by atoms with E-state index < -0.39 is 29.1 Å². The maximum atomic E-state index is 14.3. The standard InChI is InChI=1S/C17H14F3NO2.C8H10.C2H6.2H2/c1-4-10-8-11(17(22)23-3)16(15(20)14(10)19)21-13-6-5-9(2)7-12(13)18;1-7-3-5-8(2)6-4-7;1-2;;/h4-8,21H,1H2,2-3H3;3-6H,1-2H3;1-2H3;2*1H. The molecule has 6 heteroatoms. The first kappa shape index (κ1) is 27.5. The van der Waals surface area contributed by atoms with E-state index >= 15 is 0 Å². The lowest BCUT2D eigenvalue weighted by molar-refractivity contribution is 0.0601. The van der Waals surface area contributed by atoms with Gasteiger partial charge in [-0.1, -0.05) is 68.0 Å². The van der Waals surface area contributed by atoms with Crippen LogP contribution in [0, 0.1) is 38.2 Å². The van der Waals surface area contributed by atoms with Gasteiger partial charge in [0.1, 0.15) is 5.82 Å². The van der Waals surface area contributed by atoms with Crippen LogP contribution in [0.15, 0.2) is 55.1 Å². The summed E-state index contributed by atoms with van der Waals surface area (Å²) in [6.45, 7) is 13.2. The first-order valence-electron chi connectivity index (χ1n) is 10.5. The molecule has 3 rings (SSSR count). The van der Waals surface area contributed by atoms with Crippen LogP contribution in [-0.4, -0.2) is 13.1 Å². The fraction of sp³-hybridized carbons (Fsp3) is 0.222. The molecule has 3 aromatic carbocycles. The van der Waals surface area contributed by atoms with E-state index in [2.05, 4.69) is 54.7 Å². The van der Waals surface area contributed by atoms with Crippen LogP contribution in [0.1, 0.15) is 49.3 Å². The van der Waals surface area contributed by atoms with E-state index in [-0.39, 0.29) is 19.7 Å². The number of carbonyl (C=O) groups excluding carboxylic acids is 1. The van der Waals surface area contributed by atoms with Crippen molar-refractivity contribution < 1.29 is 25.6 Å². The van der Waals surface area contributed by atoms with E-state index in [1.54, 1.807) is 13.0 Å². The highest BCUT2D eigenvalue weighted by Gasteiger charge is 2.23. The van der Waals surface area contributed by atoms with Gasteiger partial charge in [-0.05, 0) is 44.5 Å². The first-order chi connectivity index (χ1) is 15.7. The Morgan fingerprint density at radius 1 is 0.909 bits per heavy atom. The number of rotatable bonds is 4. The van der Waals surface area contributed by atoms with Crippen molar-refractivity contribution in [1.82, 2.24) is 0 Å². The van der Waals surface area contributed by atoms with Gasteiger partial charge in [0.25, 0.3) is 0 Å². The van der Waals surface area contributed by atoms with E-state index in [0.29, 0.717) is 5.56 Å². The molecule has 0 amide bonds. The predicted molar refractivity (Wildman–Crippen MR) is 134 cm³/mol. The SMILES string of the molecule is C=Cc1cc(C(=O)OC)c(Nc2ccc(C)cc2F)c(F)c1F.CC.Cc1ccc(C)cc1.[HH].[HH]. The van der Waals surface area contributed by atoms with Gasteiger partial charge in [0.15, 0.2) is 11.6 Å². The lowest BCUT2D eigenvalue weighted by Gasteiger charge is -2.14. The summed E-state index contributed by atoms with van der Waals surface area (Å²) in [5.74, 6) is -4.05. The van der Waals surface area contributed by atoms with Gasteiger partial charge in [-0.25, -0.2) is 18.0 Å². The van der Waals surface area contributed by atoms with E-state index in [4.69, 9.17) is 0 Å². The molecule has 0 spiro atoms. The van der Waals surface area contributed by atoms with Gasteiger partial charge in [0.05, 0.1) is 24.0 Å². The van der Waals surface area contributed by atoms with Crippen LogP contribution in [-0.2, 0) is 4.74 Å². The van der Waals surface area contributed by atoms with Crippen molar-refractivity contribution in [3.05, 3.63) is 100 Å². The molecule has 0 aliphatic carbocycles. The molecule has 0 saturated heterocycles. The molecule has 1 N–H and O–H groups in total. The third kappa shape index (κ3) is 7.52. The van der Waals surface area contributed by atoms with Gasteiger partial charge in [-0.3, -0.25) is 0 Å². The maximum Gasteiger partial charge on any atom is 0.340 e. The third-order valence-corrected chi connectivity index (χ3v) is 4.46. The van der Waals surface area contributed by atoms with Gasteiger partial charge in [-0.2, -0.15) is 0 Å². The van der Waals surface area contributed by atoms with Crippen molar-refractivity contribution in [2.24, 2.45) is 0 Å². The van der Waals surface area contributed by atoms with Gasteiger partial charge < -0.3 is 10.1 Å². The Morgan fingerprint density at radius 2 is 1.42 bits per heavy atom. The van der Waals surface area contributed by atoms with Crippen molar-refractivity contribution in [3.8, 4) is 0 Å². The smallest absolute Gasteiger partial charge is 0.340 e. The molecule has 0 saturated carbocycles. The van der Waals surface area contributed by atoms with Crippen molar-refractivity contribution >= 4 is 23.4 Å². The fourth-order valence-corrected chi connectivity index (χ4v) is 2.68. The zero-order chi connectivity index (χ0) is 25.1. The molecule has 33 heavy (non-hydrogen) atoms. The summed E-state index contributed by atoms with van der Waals surface area (Å²) < 4.78 is 46.7. The number of aryl methyl sites for hydroxylation is 3. The van der Waals surface area contributed by atoms with Crippen molar-refractivity contribution in [3.63, 3.8) is 0 Å². The molecule has 0 atom stereocenters. The Bertz CT molecular complexity index is 1080. The highest BCUT2D eigenvalue weighted by Crippen LogP contribution is 2.31. The summed E-state index contributed by atoms with van der Waals surface area (Å²) in [7, 11) is 1.10. The van der Waals surface area contributed by atoms with Crippen LogP contribution in [0.5, 0.6) is 0 Å². The summed E-state index contributed by atoms with van der Waals surface area (Å²) in [5, 5.41) is 2.42. The molecule has 3 nitrogen and oxygen atoms in total. The van der Waals surface area contributed by atoms with Gasteiger partial charge in [0, 0.05) is 8.42 Å². The Balaban J connectivity index is 0. The Labute approximate surface area is 196 Å². The first-order valence-corrected chi connectivity index (χ1v) is 10.5. The summed E-state index contributed by atoms with van der Waals surface area (Å²) in [6.07, 6.45) is 1.07. The molecule has 0 aromatic heterocycles. The minimum absolute atomic E-state index is 0. The van der Waals surface area contributed by atoms with Gasteiger partial charge in [-0.15, -0.1) is 0 Å². The third-order valence-electron chi connectivity index (χ3n) is 4.46. The highest BCUT2D eigenvalue weighted by molar-refractivity contribution is 5.97. The largest absolute Gasteiger partial charge is 0.465 e. The summed E-state index contributed by atoms with van der Waals surface area (Å²) >= 11 is 0. The number of nitrogens with one attached hydrogen (secondary N) is 1. The minimum atomic E-state index is -1.32. The van der Waals surface area contributed by atoms with E-state index in [0.717, 1.165) is 19.3 Å². The van der Waals surface area contributed by atoms with Crippen molar-refractivity contribution in [2.75, 3.05) is 12.4 Å². The molecule has 0 aliphatic rings. The van der Waals surface area contributed by atoms with E-state index in [1.807, 2.05) is 13.8 Å². The number of halogens is 3. The summed E-state index contributed by atoms with van der Waals surface area (Å²) in [6, 6.07) is 13.8. The number of benzene rings is 3. The number of carbonyl (C=O) groups is 1. The van der Waals surface area contributed by atoms with Crippen LogP contribution in [0.3, 0.4) is 0 Å². The quantitative estimate of drug-likeness (QED) is 0.396. The normalized spacial score (nSPS) is 9.61. The maximum absolute atomic E-state index is 14.3. The van der Waals surface area contributed by atoms with Crippen molar-refractivity contribution in [1.29, 1.82) is 0 Å². The highest BCUT2D eigenvalue weighted by atomic mass is 19.2. The van der Waals surface area contributed by atoms with E-state index in [9.17, 15) is 18.0 Å². The summed E-state index contributed by atoms with van der Waals surface area (Å²) in [5.41, 5.74) is 2.27.